The Morgan fingerprint density at radius 1 is 1.44 bits per heavy atom. The van der Waals surface area contributed by atoms with Gasteiger partial charge < -0.3 is 4.74 Å². The van der Waals surface area contributed by atoms with Gasteiger partial charge in [-0.15, -0.1) is 24.8 Å². The van der Waals surface area contributed by atoms with Gasteiger partial charge in [-0.1, -0.05) is 0 Å². The lowest BCUT2D eigenvalue weighted by Crippen LogP contribution is -2.19. The summed E-state index contributed by atoms with van der Waals surface area (Å²) in [7, 11) is 0. The molecule has 0 bridgehead atoms. The van der Waals surface area contributed by atoms with Gasteiger partial charge in [0.25, 0.3) is 6.43 Å². The Kier molecular flexibility index (Phi) is 4.29. The minimum atomic E-state index is -5.15. The van der Waals surface area contributed by atoms with Crippen LogP contribution >= 0.6 is 11.6 Å². The molecule has 0 amide bonds. The van der Waals surface area contributed by atoms with Gasteiger partial charge in [-0.2, -0.15) is 5.26 Å². The normalized spacial score (nSPS) is 11.4. The molecule has 1 heterocycles. The van der Waals surface area contributed by atoms with E-state index in [1.54, 1.807) is 0 Å². The van der Waals surface area contributed by atoms with Crippen molar-refractivity contribution in [2.75, 3.05) is 0 Å². The first-order valence-corrected chi connectivity index (χ1v) is 4.85. The Morgan fingerprint density at radius 2 is 2.06 bits per heavy atom. The smallest absolute Gasteiger partial charge is 0.404 e. The molecule has 1 aromatic heterocycles. The van der Waals surface area contributed by atoms with E-state index < -0.39 is 29.7 Å². The first-order valence-electron chi connectivity index (χ1n) is 4.32. The fraction of sp³-hybridized carbons (Fsp3) is 0.333. The van der Waals surface area contributed by atoms with Crippen LogP contribution in [0.4, 0.5) is 22.0 Å². The van der Waals surface area contributed by atoms with Crippen LogP contribution in [-0.2, 0) is 5.88 Å². The van der Waals surface area contributed by atoms with E-state index in [2.05, 4.69) is 9.72 Å². The zero-order chi connectivity index (χ0) is 13.9. The highest BCUT2D eigenvalue weighted by atomic mass is 35.5. The largest absolute Gasteiger partial charge is 0.573 e. The van der Waals surface area contributed by atoms with Crippen LogP contribution in [0.2, 0.25) is 0 Å². The van der Waals surface area contributed by atoms with E-state index in [-0.39, 0.29) is 11.6 Å². The lowest BCUT2D eigenvalue weighted by atomic mass is 10.1. The SMILES string of the molecule is N#Cc1c(CCl)ncc(OC(F)(F)F)c1C(F)F. The van der Waals surface area contributed by atoms with Crippen LogP contribution < -0.4 is 4.74 Å². The number of hydrogen-bond acceptors (Lipinski definition) is 3. The lowest BCUT2D eigenvalue weighted by Gasteiger charge is -2.14. The Balaban J connectivity index is 3.41. The highest BCUT2D eigenvalue weighted by molar-refractivity contribution is 6.17. The highest BCUT2D eigenvalue weighted by Crippen LogP contribution is 2.36. The number of rotatable bonds is 3. The van der Waals surface area contributed by atoms with Crippen LogP contribution in [-0.4, -0.2) is 11.3 Å². The summed E-state index contributed by atoms with van der Waals surface area (Å²) in [6.45, 7) is 0. The third kappa shape index (κ3) is 3.20. The third-order valence-electron chi connectivity index (χ3n) is 1.84. The summed E-state index contributed by atoms with van der Waals surface area (Å²) in [5.41, 5.74) is -2.11. The number of aromatic nitrogens is 1. The van der Waals surface area contributed by atoms with Gasteiger partial charge in [0.2, 0.25) is 0 Å². The Morgan fingerprint density at radius 3 is 2.44 bits per heavy atom. The van der Waals surface area contributed by atoms with Crippen LogP contribution in [0.3, 0.4) is 0 Å². The second-order valence-corrected chi connectivity index (χ2v) is 3.22. The summed E-state index contributed by atoms with van der Waals surface area (Å²) < 4.78 is 64.8. The summed E-state index contributed by atoms with van der Waals surface area (Å²) in [5, 5.41) is 8.68. The topological polar surface area (TPSA) is 45.9 Å². The maximum absolute atomic E-state index is 12.7. The second-order valence-electron chi connectivity index (χ2n) is 2.95. The minimum absolute atomic E-state index is 0.232. The van der Waals surface area contributed by atoms with Crippen molar-refractivity contribution in [3.8, 4) is 11.8 Å². The summed E-state index contributed by atoms with van der Waals surface area (Å²) in [6.07, 6.45) is -8.00. The molecule has 0 N–H and O–H groups in total. The molecule has 0 radical (unpaired) electrons. The van der Waals surface area contributed by atoms with Crippen LogP contribution in [0.1, 0.15) is 23.2 Å². The van der Waals surface area contributed by atoms with Crippen molar-refractivity contribution in [3.63, 3.8) is 0 Å². The average molecular weight is 287 g/mol. The quantitative estimate of drug-likeness (QED) is 0.631. The van der Waals surface area contributed by atoms with E-state index in [4.69, 9.17) is 16.9 Å². The number of ether oxygens (including phenoxy) is 1. The molecule has 18 heavy (non-hydrogen) atoms. The van der Waals surface area contributed by atoms with Crippen molar-refractivity contribution >= 4 is 11.6 Å². The first-order chi connectivity index (χ1) is 8.30. The molecule has 1 rings (SSSR count). The number of nitrogens with zero attached hydrogens (tertiary/aromatic N) is 2. The second kappa shape index (κ2) is 5.35. The van der Waals surface area contributed by atoms with E-state index in [1.165, 1.54) is 6.07 Å². The monoisotopic (exact) mass is 286 g/mol. The maximum atomic E-state index is 12.7. The molecule has 1 aromatic rings. The first kappa shape index (κ1) is 14.4. The number of nitriles is 1. The molecule has 0 aliphatic carbocycles. The predicted molar refractivity (Wildman–Crippen MR) is 50.1 cm³/mol. The van der Waals surface area contributed by atoms with Crippen molar-refractivity contribution in [1.82, 2.24) is 4.98 Å². The number of pyridine rings is 1. The van der Waals surface area contributed by atoms with Crippen LogP contribution in [0, 0.1) is 11.3 Å². The van der Waals surface area contributed by atoms with Gasteiger partial charge in [0.15, 0.2) is 5.75 Å². The molecule has 0 spiro atoms. The van der Waals surface area contributed by atoms with Crippen LogP contribution in [0.15, 0.2) is 6.20 Å². The molecule has 0 fully saturated rings. The van der Waals surface area contributed by atoms with E-state index in [0.717, 1.165) is 0 Å². The average Bonchev–Trinajstić information content (AvgIpc) is 2.25. The van der Waals surface area contributed by atoms with Crippen LogP contribution in [0.25, 0.3) is 0 Å². The van der Waals surface area contributed by atoms with E-state index >= 15 is 0 Å². The van der Waals surface area contributed by atoms with E-state index in [1.807, 2.05) is 0 Å². The van der Waals surface area contributed by atoms with Gasteiger partial charge in [-0.25, -0.2) is 8.78 Å². The van der Waals surface area contributed by atoms with Gasteiger partial charge in [-0.3, -0.25) is 4.98 Å². The van der Waals surface area contributed by atoms with Gasteiger partial charge in [-0.05, 0) is 0 Å². The molecule has 98 valence electrons. The van der Waals surface area contributed by atoms with Crippen molar-refractivity contribution in [1.29, 1.82) is 5.26 Å². The van der Waals surface area contributed by atoms with Crippen LogP contribution in [0.5, 0.6) is 5.75 Å². The Hall–Kier alpha value is -1.62. The predicted octanol–water partition coefficient (Wildman–Crippen LogP) is 3.53. The zero-order valence-corrected chi connectivity index (χ0v) is 9.19. The maximum Gasteiger partial charge on any atom is 0.573 e. The number of halogens is 6. The van der Waals surface area contributed by atoms with E-state index in [0.29, 0.717) is 6.20 Å². The Bertz CT molecular complexity index is 483. The molecule has 0 aliphatic rings. The van der Waals surface area contributed by atoms with Gasteiger partial charge in [0.05, 0.1) is 28.9 Å². The number of hydrogen-bond donors (Lipinski definition) is 0. The number of alkyl halides is 6. The van der Waals surface area contributed by atoms with Crippen molar-refractivity contribution < 1.29 is 26.7 Å². The van der Waals surface area contributed by atoms with Crippen molar-refractivity contribution in [3.05, 3.63) is 23.0 Å². The molecule has 0 aliphatic heterocycles. The fourth-order valence-corrected chi connectivity index (χ4v) is 1.40. The molecular formula is C9H4ClF5N2O. The molecule has 3 nitrogen and oxygen atoms in total. The zero-order valence-electron chi connectivity index (χ0n) is 8.43. The third-order valence-corrected chi connectivity index (χ3v) is 2.10. The Labute approximate surface area is 103 Å². The molecule has 0 atom stereocenters. The summed E-state index contributed by atoms with van der Waals surface area (Å²) in [6, 6.07) is 1.35. The van der Waals surface area contributed by atoms with Crippen molar-refractivity contribution in [2.45, 2.75) is 18.7 Å². The highest BCUT2D eigenvalue weighted by Gasteiger charge is 2.35. The molecule has 0 saturated heterocycles. The lowest BCUT2D eigenvalue weighted by molar-refractivity contribution is -0.275. The van der Waals surface area contributed by atoms with E-state index in [9.17, 15) is 22.0 Å². The summed E-state index contributed by atoms with van der Waals surface area (Å²) in [4.78, 5) is 3.38. The van der Waals surface area contributed by atoms with Crippen molar-refractivity contribution in [2.24, 2.45) is 0 Å². The molecular weight excluding hydrogens is 283 g/mol. The van der Waals surface area contributed by atoms with Gasteiger partial charge in [0.1, 0.15) is 6.07 Å². The van der Waals surface area contributed by atoms with Gasteiger partial charge in [0, 0.05) is 0 Å². The standard InChI is InChI=1S/C9H4ClF5N2O/c10-1-5-4(2-16)7(8(11)12)6(3-17-5)18-9(13,14)15/h3,8H,1H2. The summed E-state index contributed by atoms with van der Waals surface area (Å²) >= 11 is 5.35. The molecule has 9 heteroatoms. The molecule has 0 aromatic carbocycles. The fourth-order valence-electron chi connectivity index (χ4n) is 1.20. The summed E-state index contributed by atoms with van der Waals surface area (Å²) in [5.74, 6) is -1.59. The molecule has 0 unspecified atom stereocenters. The van der Waals surface area contributed by atoms with Gasteiger partial charge >= 0.3 is 6.36 Å². The minimum Gasteiger partial charge on any atom is -0.404 e. The molecule has 0 saturated carbocycles.